The van der Waals surface area contributed by atoms with E-state index in [9.17, 15) is 0 Å². The van der Waals surface area contributed by atoms with Crippen molar-refractivity contribution in [2.45, 2.75) is 12.8 Å². The van der Waals surface area contributed by atoms with Crippen molar-refractivity contribution in [2.75, 3.05) is 0 Å². The van der Waals surface area contributed by atoms with Crippen LogP contribution in [-0.4, -0.2) is 14.5 Å². The van der Waals surface area contributed by atoms with Crippen LogP contribution >= 0.6 is 43.5 Å². The molecule has 0 saturated carbocycles. The van der Waals surface area contributed by atoms with Gasteiger partial charge < -0.3 is 0 Å². The largest absolute Gasteiger partial charge is 0.279 e. The molecule has 102 valence electrons. The average molecular weight is 416 g/mol. The molecular weight excluding hydrogens is 405 g/mol. The molecule has 0 N–H and O–H groups in total. The third-order valence-corrected chi connectivity index (χ3v) is 4.30. The van der Waals surface area contributed by atoms with Gasteiger partial charge in [-0.05, 0) is 62.5 Å². The van der Waals surface area contributed by atoms with E-state index < -0.39 is 0 Å². The maximum atomic E-state index is 6.04. The number of hydrogen-bond donors (Lipinski definition) is 0. The molecule has 0 atom stereocenters. The van der Waals surface area contributed by atoms with E-state index in [0.717, 1.165) is 31.6 Å². The van der Waals surface area contributed by atoms with Crippen LogP contribution < -0.4 is 0 Å². The van der Waals surface area contributed by atoms with Crippen LogP contribution in [0.5, 0.6) is 0 Å². The smallest absolute Gasteiger partial charge is 0.164 e. The number of halogens is 3. The Bertz CT molecular complexity index is 798. The first-order chi connectivity index (χ1) is 9.60. The molecule has 0 bridgehead atoms. The van der Waals surface area contributed by atoms with E-state index in [4.69, 9.17) is 11.6 Å². The maximum Gasteiger partial charge on any atom is 0.164 e. The first-order valence-electron chi connectivity index (χ1n) is 5.95. The Hall–Kier alpha value is -0.910. The van der Waals surface area contributed by atoms with Gasteiger partial charge >= 0.3 is 0 Å². The van der Waals surface area contributed by atoms with Gasteiger partial charge in [0.05, 0.1) is 11.6 Å². The van der Waals surface area contributed by atoms with Gasteiger partial charge in [-0.2, -0.15) is 0 Å². The summed E-state index contributed by atoms with van der Waals surface area (Å²) >= 11 is 13.1. The fourth-order valence-corrected chi connectivity index (χ4v) is 3.29. The molecule has 3 rings (SSSR count). The van der Waals surface area contributed by atoms with E-state index in [1.807, 2.05) is 16.7 Å². The Morgan fingerprint density at radius 1 is 1.25 bits per heavy atom. The van der Waals surface area contributed by atoms with Crippen LogP contribution in [0.15, 0.2) is 39.4 Å². The van der Waals surface area contributed by atoms with E-state index in [2.05, 4.69) is 60.9 Å². The number of nitrogens with zero attached hydrogens (tertiary/aromatic N) is 3. The lowest BCUT2D eigenvalue weighted by Gasteiger charge is -2.10. The Labute approximate surface area is 138 Å². The van der Waals surface area contributed by atoms with Crippen LogP contribution in [-0.2, 0) is 5.88 Å². The van der Waals surface area contributed by atoms with E-state index in [0.29, 0.717) is 5.88 Å². The number of aromatic nitrogens is 3. The van der Waals surface area contributed by atoms with Crippen molar-refractivity contribution in [3.8, 4) is 5.69 Å². The summed E-state index contributed by atoms with van der Waals surface area (Å²) in [4.78, 5) is 9.01. The number of pyridine rings is 1. The minimum atomic E-state index is 0.328. The van der Waals surface area contributed by atoms with Crippen molar-refractivity contribution in [1.82, 2.24) is 14.5 Å². The number of rotatable bonds is 2. The topological polar surface area (TPSA) is 30.7 Å². The van der Waals surface area contributed by atoms with Gasteiger partial charge in [0.2, 0.25) is 0 Å². The molecule has 2 aromatic heterocycles. The molecule has 0 unspecified atom stereocenters. The normalized spacial score (nSPS) is 11.2. The lowest BCUT2D eigenvalue weighted by atomic mass is 10.2. The number of imidazole rings is 1. The Morgan fingerprint density at radius 2 is 2.05 bits per heavy atom. The van der Waals surface area contributed by atoms with Gasteiger partial charge in [-0.3, -0.25) is 4.57 Å². The number of benzene rings is 1. The summed E-state index contributed by atoms with van der Waals surface area (Å²) in [6, 6.07) is 8.11. The highest BCUT2D eigenvalue weighted by Gasteiger charge is 2.15. The summed E-state index contributed by atoms with van der Waals surface area (Å²) in [6.07, 6.45) is 1.76. The highest BCUT2D eigenvalue weighted by atomic mass is 79.9. The third-order valence-electron chi connectivity index (χ3n) is 3.00. The summed E-state index contributed by atoms with van der Waals surface area (Å²) in [5.74, 6) is 1.10. The zero-order valence-electron chi connectivity index (χ0n) is 10.6. The fraction of sp³-hybridized carbons (Fsp3) is 0.143. The monoisotopic (exact) mass is 413 g/mol. The van der Waals surface area contributed by atoms with Gasteiger partial charge in [0.15, 0.2) is 5.65 Å². The molecular formula is C14H10Br2ClN3. The van der Waals surface area contributed by atoms with Gasteiger partial charge in [0, 0.05) is 15.1 Å². The number of hydrogen-bond acceptors (Lipinski definition) is 2. The number of aryl methyl sites for hydroxylation is 1. The number of fused-ring (bicyclic) bond motifs is 1. The van der Waals surface area contributed by atoms with Crippen molar-refractivity contribution in [2.24, 2.45) is 0 Å². The molecule has 0 amide bonds. The zero-order chi connectivity index (χ0) is 14.3. The zero-order valence-corrected chi connectivity index (χ0v) is 14.5. The van der Waals surface area contributed by atoms with Crippen LogP contribution in [0.2, 0.25) is 0 Å². The Morgan fingerprint density at radius 3 is 2.75 bits per heavy atom. The molecule has 0 spiro atoms. The molecule has 2 heterocycles. The summed E-state index contributed by atoms with van der Waals surface area (Å²) in [5.41, 5.74) is 3.80. The van der Waals surface area contributed by atoms with Gasteiger partial charge in [-0.1, -0.05) is 6.07 Å². The second-order valence-corrected chi connectivity index (χ2v) is 6.49. The second-order valence-electron chi connectivity index (χ2n) is 4.45. The molecule has 0 fully saturated rings. The molecule has 6 heteroatoms. The van der Waals surface area contributed by atoms with Gasteiger partial charge in [-0.15, -0.1) is 11.6 Å². The first-order valence-corrected chi connectivity index (χ1v) is 8.07. The van der Waals surface area contributed by atoms with Crippen molar-refractivity contribution in [3.05, 3.63) is 50.8 Å². The van der Waals surface area contributed by atoms with Gasteiger partial charge in [0.1, 0.15) is 11.3 Å². The summed E-state index contributed by atoms with van der Waals surface area (Å²) in [5, 5.41) is 0. The average Bonchev–Trinajstić information content (AvgIpc) is 2.76. The number of alkyl halides is 1. The SMILES string of the molecule is Cc1ccc(-n2c(CCl)nc3cc(Br)cnc32)c(Br)c1. The van der Waals surface area contributed by atoms with Crippen LogP contribution in [0.1, 0.15) is 11.4 Å². The quantitative estimate of drug-likeness (QED) is 0.552. The summed E-state index contributed by atoms with van der Waals surface area (Å²) in [7, 11) is 0. The third kappa shape index (κ3) is 2.38. The van der Waals surface area contributed by atoms with Crippen LogP contribution in [0.25, 0.3) is 16.9 Å². The molecule has 3 aromatic rings. The molecule has 0 aliphatic carbocycles. The molecule has 20 heavy (non-hydrogen) atoms. The fourth-order valence-electron chi connectivity index (χ4n) is 2.12. The summed E-state index contributed by atoms with van der Waals surface area (Å²) in [6.45, 7) is 2.05. The molecule has 0 saturated heterocycles. The molecule has 3 nitrogen and oxygen atoms in total. The predicted molar refractivity (Wildman–Crippen MR) is 88.6 cm³/mol. The van der Waals surface area contributed by atoms with E-state index in [-0.39, 0.29) is 0 Å². The first kappa shape index (κ1) is 14.0. The lowest BCUT2D eigenvalue weighted by Crippen LogP contribution is -2.01. The van der Waals surface area contributed by atoms with Crippen LogP contribution in [0.3, 0.4) is 0 Å². The van der Waals surface area contributed by atoms with E-state index >= 15 is 0 Å². The van der Waals surface area contributed by atoms with E-state index in [1.165, 1.54) is 5.56 Å². The van der Waals surface area contributed by atoms with Crippen molar-refractivity contribution in [3.63, 3.8) is 0 Å². The minimum absolute atomic E-state index is 0.328. The molecule has 0 aliphatic heterocycles. The Kier molecular flexibility index (Phi) is 3.84. The van der Waals surface area contributed by atoms with Crippen LogP contribution in [0, 0.1) is 6.92 Å². The van der Waals surface area contributed by atoms with Gasteiger partial charge in [0.25, 0.3) is 0 Å². The molecule has 0 radical (unpaired) electrons. The highest BCUT2D eigenvalue weighted by Crippen LogP contribution is 2.28. The molecule has 0 aliphatic rings. The lowest BCUT2D eigenvalue weighted by molar-refractivity contribution is 0.964. The minimum Gasteiger partial charge on any atom is -0.279 e. The van der Waals surface area contributed by atoms with Gasteiger partial charge in [-0.25, -0.2) is 9.97 Å². The maximum absolute atomic E-state index is 6.04. The van der Waals surface area contributed by atoms with E-state index in [1.54, 1.807) is 6.20 Å². The Balaban J connectivity index is 2.34. The predicted octanol–water partition coefficient (Wildman–Crippen LogP) is 4.99. The van der Waals surface area contributed by atoms with Crippen LogP contribution in [0.4, 0.5) is 0 Å². The second kappa shape index (κ2) is 5.47. The van der Waals surface area contributed by atoms with Crippen molar-refractivity contribution < 1.29 is 0 Å². The standard InChI is InChI=1S/C14H10Br2ClN3/c1-8-2-3-12(10(16)4-8)20-13(6-17)19-11-5-9(15)7-18-14(11)20/h2-5,7H,6H2,1H3. The van der Waals surface area contributed by atoms with Crippen molar-refractivity contribution in [1.29, 1.82) is 0 Å². The molecule has 1 aromatic carbocycles. The highest BCUT2D eigenvalue weighted by molar-refractivity contribution is 9.10. The van der Waals surface area contributed by atoms with Crippen molar-refractivity contribution >= 4 is 54.6 Å². The summed E-state index contributed by atoms with van der Waals surface area (Å²) < 4.78 is 3.88.